The standard InChI is InChI=1S/C19H29N3O3/c1-3-12-25-17-9-8-16(13-18(17)24-4-2)14-20-21-19(23)15-22-10-6-5-7-11-22/h8-9,13-14H,3-7,10-12,15H2,1-2H3,(H,21,23)/b20-14-. The number of carbonyl (C=O) groups is 1. The molecule has 1 aliphatic heterocycles. The van der Waals surface area contributed by atoms with Crippen LogP contribution in [-0.4, -0.2) is 49.9 Å². The molecule has 1 N–H and O–H groups in total. The zero-order chi connectivity index (χ0) is 17.9. The maximum absolute atomic E-state index is 11.9. The number of hydrogen-bond donors (Lipinski definition) is 1. The van der Waals surface area contributed by atoms with Crippen LogP contribution < -0.4 is 14.9 Å². The minimum absolute atomic E-state index is 0.0777. The number of nitrogens with zero attached hydrogens (tertiary/aromatic N) is 2. The summed E-state index contributed by atoms with van der Waals surface area (Å²) in [6.45, 7) is 7.61. The van der Waals surface area contributed by atoms with Crippen molar-refractivity contribution in [3.05, 3.63) is 23.8 Å². The number of nitrogens with one attached hydrogen (secondary N) is 1. The molecule has 6 heteroatoms. The van der Waals surface area contributed by atoms with Gasteiger partial charge in [-0.05, 0) is 63.0 Å². The Bertz CT molecular complexity index is 569. The predicted octanol–water partition coefficient (Wildman–Crippen LogP) is 2.81. The molecule has 0 bridgehead atoms. The largest absolute Gasteiger partial charge is 0.490 e. The Morgan fingerprint density at radius 1 is 1.20 bits per heavy atom. The maximum Gasteiger partial charge on any atom is 0.254 e. The molecule has 0 spiro atoms. The van der Waals surface area contributed by atoms with E-state index in [-0.39, 0.29) is 5.91 Å². The number of ether oxygens (including phenoxy) is 2. The van der Waals surface area contributed by atoms with E-state index >= 15 is 0 Å². The van der Waals surface area contributed by atoms with Crippen LogP contribution in [0, 0.1) is 0 Å². The highest BCUT2D eigenvalue weighted by atomic mass is 16.5. The van der Waals surface area contributed by atoms with Gasteiger partial charge in [0, 0.05) is 0 Å². The fourth-order valence-corrected chi connectivity index (χ4v) is 2.74. The number of likely N-dealkylation sites (tertiary alicyclic amines) is 1. The minimum Gasteiger partial charge on any atom is -0.490 e. The molecule has 0 aromatic heterocycles. The topological polar surface area (TPSA) is 63.2 Å². The quantitative estimate of drug-likeness (QED) is 0.551. The van der Waals surface area contributed by atoms with Crippen molar-refractivity contribution in [1.82, 2.24) is 10.3 Å². The fraction of sp³-hybridized carbons (Fsp3) is 0.579. The Morgan fingerprint density at radius 2 is 2.00 bits per heavy atom. The van der Waals surface area contributed by atoms with Crippen molar-refractivity contribution in [1.29, 1.82) is 0 Å². The van der Waals surface area contributed by atoms with Crippen molar-refractivity contribution in [2.24, 2.45) is 5.10 Å². The summed E-state index contributed by atoms with van der Waals surface area (Å²) in [5, 5.41) is 4.05. The van der Waals surface area contributed by atoms with Crippen molar-refractivity contribution < 1.29 is 14.3 Å². The number of hydrogen-bond acceptors (Lipinski definition) is 5. The Hall–Kier alpha value is -2.08. The van der Waals surface area contributed by atoms with Gasteiger partial charge in [-0.15, -0.1) is 0 Å². The van der Waals surface area contributed by atoms with Gasteiger partial charge in [-0.1, -0.05) is 13.3 Å². The van der Waals surface area contributed by atoms with E-state index < -0.39 is 0 Å². The highest BCUT2D eigenvalue weighted by molar-refractivity contribution is 5.83. The van der Waals surface area contributed by atoms with E-state index in [0.717, 1.165) is 30.8 Å². The van der Waals surface area contributed by atoms with Gasteiger partial charge in [0.1, 0.15) is 0 Å². The van der Waals surface area contributed by atoms with Gasteiger partial charge in [0.2, 0.25) is 0 Å². The lowest BCUT2D eigenvalue weighted by Crippen LogP contribution is -2.38. The first-order valence-corrected chi connectivity index (χ1v) is 9.16. The second kappa shape index (κ2) is 10.7. The molecule has 0 radical (unpaired) electrons. The zero-order valence-corrected chi connectivity index (χ0v) is 15.3. The van der Waals surface area contributed by atoms with Crippen molar-refractivity contribution >= 4 is 12.1 Å². The molecule has 1 heterocycles. The number of amides is 1. The summed E-state index contributed by atoms with van der Waals surface area (Å²) in [6, 6.07) is 5.64. The van der Waals surface area contributed by atoms with E-state index in [1.807, 2.05) is 25.1 Å². The van der Waals surface area contributed by atoms with E-state index in [0.29, 0.717) is 25.5 Å². The number of hydrazone groups is 1. The molecule has 0 saturated carbocycles. The summed E-state index contributed by atoms with van der Waals surface area (Å²) >= 11 is 0. The van der Waals surface area contributed by atoms with Gasteiger partial charge in [-0.25, -0.2) is 5.43 Å². The first kappa shape index (κ1) is 19.2. The molecule has 1 aliphatic rings. The van der Waals surface area contributed by atoms with E-state index in [9.17, 15) is 4.79 Å². The molecule has 1 amide bonds. The molecule has 1 saturated heterocycles. The third-order valence-corrected chi connectivity index (χ3v) is 3.95. The number of piperidine rings is 1. The van der Waals surface area contributed by atoms with Crippen molar-refractivity contribution in [2.45, 2.75) is 39.5 Å². The third-order valence-electron chi connectivity index (χ3n) is 3.95. The predicted molar refractivity (Wildman–Crippen MR) is 99.4 cm³/mol. The first-order chi connectivity index (χ1) is 12.2. The van der Waals surface area contributed by atoms with Gasteiger partial charge < -0.3 is 9.47 Å². The second-order valence-electron chi connectivity index (χ2n) is 6.12. The summed E-state index contributed by atoms with van der Waals surface area (Å²) in [5.74, 6) is 1.35. The van der Waals surface area contributed by atoms with Crippen LogP contribution in [0.2, 0.25) is 0 Å². The van der Waals surface area contributed by atoms with Crippen molar-refractivity contribution in [3.63, 3.8) is 0 Å². The number of rotatable bonds is 9. The highest BCUT2D eigenvalue weighted by Crippen LogP contribution is 2.28. The molecule has 1 aromatic carbocycles. The first-order valence-electron chi connectivity index (χ1n) is 9.16. The van der Waals surface area contributed by atoms with E-state index in [1.165, 1.54) is 19.3 Å². The average Bonchev–Trinajstić information content (AvgIpc) is 2.62. The molecular weight excluding hydrogens is 318 g/mol. The average molecular weight is 347 g/mol. The van der Waals surface area contributed by atoms with Crippen LogP contribution in [0.4, 0.5) is 0 Å². The third kappa shape index (κ3) is 6.74. The summed E-state index contributed by atoms with van der Waals surface area (Å²) in [5.41, 5.74) is 3.45. The lowest BCUT2D eigenvalue weighted by atomic mass is 10.1. The van der Waals surface area contributed by atoms with E-state index in [2.05, 4.69) is 22.4 Å². The van der Waals surface area contributed by atoms with Gasteiger partial charge in [0.15, 0.2) is 11.5 Å². The van der Waals surface area contributed by atoms with Crippen LogP contribution in [0.5, 0.6) is 11.5 Å². The Labute approximate surface area is 150 Å². The molecule has 1 fully saturated rings. The molecule has 138 valence electrons. The molecule has 1 aromatic rings. The van der Waals surface area contributed by atoms with Crippen LogP contribution in [0.25, 0.3) is 0 Å². The van der Waals surface area contributed by atoms with Gasteiger partial charge in [-0.2, -0.15) is 5.10 Å². The maximum atomic E-state index is 11.9. The SMILES string of the molecule is CCCOc1ccc(/C=N\NC(=O)CN2CCCCC2)cc1OCC. The molecule has 2 rings (SSSR count). The van der Waals surface area contributed by atoms with Gasteiger partial charge in [0.05, 0.1) is 26.0 Å². The number of benzene rings is 1. The fourth-order valence-electron chi connectivity index (χ4n) is 2.74. The molecule has 6 nitrogen and oxygen atoms in total. The molecule has 0 unspecified atom stereocenters. The van der Waals surface area contributed by atoms with E-state index in [1.54, 1.807) is 6.21 Å². The minimum atomic E-state index is -0.0777. The Balaban J connectivity index is 1.88. The highest BCUT2D eigenvalue weighted by Gasteiger charge is 2.13. The van der Waals surface area contributed by atoms with Crippen LogP contribution in [0.3, 0.4) is 0 Å². The summed E-state index contributed by atoms with van der Waals surface area (Å²) in [4.78, 5) is 14.1. The second-order valence-corrected chi connectivity index (χ2v) is 6.12. The normalized spacial score (nSPS) is 15.3. The van der Waals surface area contributed by atoms with Crippen LogP contribution in [0.15, 0.2) is 23.3 Å². The smallest absolute Gasteiger partial charge is 0.254 e. The summed E-state index contributed by atoms with van der Waals surface area (Å²) in [6.07, 6.45) is 6.17. The Morgan fingerprint density at radius 3 is 2.72 bits per heavy atom. The lowest BCUT2D eigenvalue weighted by Gasteiger charge is -2.25. The van der Waals surface area contributed by atoms with Gasteiger partial charge in [0.25, 0.3) is 5.91 Å². The zero-order valence-electron chi connectivity index (χ0n) is 15.3. The monoisotopic (exact) mass is 347 g/mol. The van der Waals surface area contributed by atoms with Crippen molar-refractivity contribution in [2.75, 3.05) is 32.8 Å². The van der Waals surface area contributed by atoms with Gasteiger partial charge in [-0.3, -0.25) is 9.69 Å². The molecule has 0 aliphatic carbocycles. The lowest BCUT2D eigenvalue weighted by molar-refractivity contribution is -0.122. The van der Waals surface area contributed by atoms with Crippen LogP contribution >= 0.6 is 0 Å². The van der Waals surface area contributed by atoms with Crippen LogP contribution in [-0.2, 0) is 4.79 Å². The van der Waals surface area contributed by atoms with Crippen LogP contribution in [0.1, 0.15) is 45.1 Å². The molecule has 0 atom stereocenters. The molecular formula is C19H29N3O3. The summed E-state index contributed by atoms with van der Waals surface area (Å²) < 4.78 is 11.3. The molecule has 25 heavy (non-hydrogen) atoms. The Kier molecular flexibility index (Phi) is 8.25. The van der Waals surface area contributed by atoms with E-state index in [4.69, 9.17) is 9.47 Å². The summed E-state index contributed by atoms with van der Waals surface area (Å²) in [7, 11) is 0. The van der Waals surface area contributed by atoms with Gasteiger partial charge >= 0.3 is 0 Å². The van der Waals surface area contributed by atoms with Crippen molar-refractivity contribution in [3.8, 4) is 11.5 Å². The number of carbonyl (C=O) groups excluding carboxylic acids is 1.